The molecule has 1 fully saturated rings. The van der Waals surface area contributed by atoms with E-state index in [1.54, 1.807) is 22.0 Å². The lowest BCUT2D eigenvalue weighted by molar-refractivity contribution is -0.122. The van der Waals surface area contributed by atoms with Crippen LogP contribution in [0.1, 0.15) is 24.0 Å². The highest BCUT2D eigenvalue weighted by atomic mass is 16.2. The molecule has 5 aromatic rings. The number of pyridine rings is 1. The number of benzene rings is 2. The Labute approximate surface area is 216 Å². The second-order valence-corrected chi connectivity index (χ2v) is 9.80. The van der Waals surface area contributed by atoms with Crippen molar-refractivity contribution >= 4 is 39.8 Å². The number of hydrogen-bond donors (Lipinski definition) is 2. The van der Waals surface area contributed by atoms with Gasteiger partial charge in [-0.25, -0.2) is 19.4 Å². The predicted octanol–water partition coefficient (Wildman–Crippen LogP) is 2.85. The number of nitrogens with zero attached hydrogens (tertiary/aromatic N) is 7. The third-order valence-electron chi connectivity index (χ3n) is 7.67. The Balaban J connectivity index is 1.23. The SMILES string of the molecule is NC(=O)N1CCC2(CC1)C(=O)Nc1ccc(-c3cnc4nnn(Cc5ccc6ncccc6c5)c4n3)cc12. The summed E-state index contributed by atoms with van der Waals surface area (Å²) < 4.78 is 1.74. The Morgan fingerprint density at radius 1 is 1.08 bits per heavy atom. The van der Waals surface area contributed by atoms with Gasteiger partial charge < -0.3 is 16.0 Å². The number of primary amides is 1. The minimum absolute atomic E-state index is 0.0387. The smallest absolute Gasteiger partial charge is 0.314 e. The number of fused-ring (bicyclic) bond motifs is 4. The zero-order valence-electron chi connectivity index (χ0n) is 20.3. The van der Waals surface area contributed by atoms with E-state index < -0.39 is 11.4 Å². The number of aromatic nitrogens is 6. The van der Waals surface area contributed by atoms with Gasteiger partial charge in [0.05, 0.1) is 29.4 Å². The number of nitrogens with one attached hydrogen (secondary N) is 1. The summed E-state index contributed by atoms with van der Waals surface area (Å²) in [5, 5.41) is 12.6. The van der Waals surface area contributed by atoms with Crippen molar-refractivity contribution in [3.63, 3.8) is 0 Å². The van der Waals surface area contributed by atoms with Crippen LogP contribution in [0.3, 0.4) is 0 Å². The molecule has 188 valence electrons. The minimum Gasteiger partial charge on any atom is -0.351 e. The molecule has 1 spiro atoms. The number of piperidine rings is 1. The lowest BCUT2D eigenvalue weighted by Crippen LogP contribution is -2.49. The van der Waals surface area contributed by atoms with Crippen LogP contribution in [0.15, 0.2) is 60.9 Å². The van der Waals surface area contributed by atoms with Crippen molar-refractivity contribution in [2.24, 2.45) is 5.73 Å². The van der Waals surface area contributed by atoms with Gasteiger partial charge in [0.25, 0.3) is 0 Å². The molecule has 7 rings (SSSR count). The number of anilines is 1. The molecule has 2 aromatic carbocycles. The third kappa shape index (κ3) is 3.46. The maximum absolute atomic E-state index is 13.1. The summed E-state index contributed by atoms with van der Waals surface area (Å²) in [6.45, 7) is 1.36. The maximum Gasteiger partial charge on any atom is 0.314 e. The van der Waals surface area contributed by atoms with Gasteiger partial charge in [-0.05, 0) is 54.3 Å². The van der Waals surface area contributed by atoms with Gasteiger partial charge in [0.1, 0.15) is 0 Å². The Kier molecular flexibility index (Phi) is 4.87. The first-order valence-corrected chi connectivity index (χ1v) is 12.4. The quantitative estimate of drug-likeness (QED) is 0.383. The van der Waals surface area contributed by atoms with Crippen molar-refractivity contribution in [1.82, 2.24) is 34.8 Å². The number of carbonyl (C=O) groups excluding carboxylic acids is 2. The fourth-order valence-corrected chi connectivity index (χ4v) is 5.58. The van der Waals surface area contributed by atoms with Gasteiger partial charge in [-0.15, -0.1) is 5.10 Å². The van der Waals surface area contributed by atoms with Gasteiger partial charge >= 0.3 is 6.03 Å². The summed E-state index contributed by atoms with van der Waals surface area (Å²) in [6.07, 6.45) is 4.49. The number of urea groups is 1. The lowest BCUT2D eigenvalue weighted by atomic mass is 9.73. The van der Waals surface area contributed by atoms with Crippen LogP contribution in [0.5, 0.6) is 0 Å². The van der Waals surface area contributed by atoms with Crippen molar-refractivity contribution in [2.75, 3.05) is 18.4 Å². The van der Waals surface area contributed by atoms with E-state index in [4.69, 9.17) is 10.7 Å². The standard InChI is InChI=1S/C27H23N9O2/c28-26(38)35-10-7-27(8-11-35)19-13-18(4-6-21(19)32-25(27)37)22-14-30-23-24(31-22)36(34-33-23)15-16-3-5-20-17(12-16)2-1-9-29-20/h1-6,9,12-14H,7-8,10-11,15H2,(H2,28,38)(H,32,37). The van der Waals surface area contributed by atoms with E-state index in [2.05, 4.69) is 31.7 Å². The van der Waals surface area contributed by atoms with E-state index in [0.29, 0.717) is 49.5 Å². The Hall–Kier alpha value is -4.93. The second kappa shape index (κ2) is 8.30. The van der Waals surface area contributed by atoms with E-state index in [-0.39, 0.29) is 5.91 Å². The van der Waals surface area contributed by atoms with Gasteiger partial charge in [0.2, 0.25) is 11.6 Å². The highest BCUT2D eigenvalue weighted by Crippen LogP contribution is 2.46. The van der Waals surface area contributed by atoms with Crippen molar-refractivity contribution < 1.29 is 9.59 Å². The molecule has 1 saturated heterocycles. The number of likely N-dealkylation sites (tertiary alicyclic amines) is 1. The summed E-state index contributed by atoms with van der Waals surface area (Å²) in [4.78, 5) is 40.0. The number of carbonyl (C=O) groups is 2. The van der Waals surface area contributed by atoms with Crippen molar-refractivity contribution in [3.8, 4) is 11.3 Å². The van der Waals surface area contributed by atoms with Crippen LogP contribution in [-0.2, 0) is 16.8 Å². The highest BCUT2D eigenvalue weighted by Gasteiger charge is 2.49. The Bertz CT molecular complexity index is 1750. The first-order valence-electron chi connectivity index (χ1n) is 12.4. The second-order valence-electron chi connectivity index (χ2n) is 9.80. The number of hydrogen-bond acceptors (Lipinski definition) is 7. The number of amides is 3. The molecular formula is C27H23N9O2. The molecule has 0 aliphatic carbocycles. The summed E-state index contributed by atoms with van der Waals surface area (Å²) in [7, 11) is 0. The zero-order chi connectivity index (χ0) is 25.9. The monoisotopic (exact) mass is 505 g/mol. The van der Waals surface area contributed by atoms with Crippen LogP contribution in [0.4, 0.5) is 10.5 Å². The number of nitrogens with two attached hydrogens (primary N) is 1. The third-order valence-corrected chi connectivity index (χ3v) is 7.67. The molecule has 11 heteroatoms. The molecule has 0 radical (unpaired) electrons. The molecule has 0 saturated carbocycles. The molecule has 38 heavy (non-hydrogen) atoms. The molecule has 5 heterocycles. The first kappa shape index (κ1) is 22.3. The molecule has 0 unspecified atom stereocenters. The molecular weight excluding hydrogens is 482 g/mol. The zero-order valence-corrected chi connectivity index (χ0v) is 20.3. The molecule has 3 amide bonds. The molecule has 3 aromatic heterocycles. The van der Waals surface area contributed by atoms with Crippen LogP contribution in [0, 0.1) is 0 Å². The maximum atomic E-state index is 13.1. The highest BCUT2D eigenvalue weighted by molar-refractivity contribution is 6.07. The molecule has 0 bridgehead atoms. The van der Waals surface area contributed by atoms with E-state index in [1.807, 2.05) is 42.5 Å². The first-order chi connectivity index (χ1) is 18.5. The van der Waals surface area contributed by atoms with Gasteiger partial charge in [0.15, 0.2) is 5.65 Å². The molecule has 11 nitrogen and oxygen atoms in total. The average Bonchev–Trinajstić information content (AvgIpc) is 3.46. The van der Waals surface area contributed by atoms with Crippen molar-refractivity contribution in [1.29, 1.82) is 0 Å². The van der Waals surface area contributed by atoms with Crippen LogP contribution in [0.2, 0.25) is 0 Å². The largest absolute Gasteiger partial charge is 0.351 e. The topological polar surface area (TPSA) is 145 Å². The van der Waals surface area contributed by atoms with Crippen molar-refractivity contribution in [3.05, 3.63) is 72.1 Å². The molecule has 2 aliphatic rings. The summed E-state index contributed by atoms with van der Waals surface area (Å²) in [5.74, 6) is -0.0387. The van der Waals surface area contributed by atoms with Gasteiger partial charge in [-0.3, -0.25) is 9.78 Å². The molecule has 3 N–H and O–H groups in total. The number of rotatable bonds is 3. The Morgan fingerprint density at radius 3 is 2.79 bits per heavy atom. The predicted molar refractivity (Wildman–Crippen MR) is 140 cm³/mol. The van der Waals surface area contributed by atoms with E-state index in [9.17, 15) is 9.59 Å². The molecule has 2 aliphatic heterocycles. The fraction of sp³-hybridized carbons (Fsp3) is 0.222. The van der Waals surface area contributed by atoms with E-state index in [1.165, 1.54) is 0 Å². The van der Waals surface area contributed by atoms with Crippen LogP contribution in [0.25, 0.3) is 33.5 Å². The van der Waals surface area contributed by atoms with E-state index >= 15 is 0 Å². The van der Waals surface area contributed by atoms with Crippen LogP contribution >= 0.6 is 0 Å². The van der Waals surface area contributed by atoms with Crippen molar-refractivity contribution in [2.45, 2.75) is 24.8 Å². The van der Waals surface area contributed by atoms with Gasteiger partial charge in [-0.2, -0.15) is 0 Å². The lowest BCUT2D eigenvalue weighted by Gasteiger charge is -2.37. The van der Waals surface area contributed by atoms with E-state index in [0.717, 1.165) is 33.3 Å². The minimum atomic E-state index is -0.691. The van der Waals surface area contributed by atoms with Gasteiger partial charge in [0, 0.05) is 35.9 Å². The van der Waals surface area contributed by atoms with Crippen LogP contribution < -0.4 is 11.1 Å². The van der Waals surface area contributed by atoms with Crippen LogP contribution in [-0.4, -0.2) is 59.9 Å². The fourth-order valence-electron chi connectivity index (χ4n) is 5.58. The molecule has 0 atom stereocenters. The van der Waals surface area contributed by atoms with Gasteiger partial charge in [-0.1, -0.05) is 23.4 Å². The normalized spacial score (nSPS) is 16.2. The Morgan fingerprint density at radius 2 is 1.95 bits per heavy atom. The summed E-state index contributed by atoms with van der Waals surface area (Å²) >= 11 is 0. The summed E-state index contributed by atoms with van der Waals surface area (Å²) in [5.41, 5.74) is 11.0. The summed E-state index contributed by atoms with van der Waals surface area (Å²) in [6, 6.07) is 15.4. The average molecular weight is 506 g/mol.